The Morgan fingerprint density at radius 3 is 2.58 bits per heavy atom. The molecule has 1 aromatic carbocycles. The van der Waals surface area contributed by atoms with Crippen molar-refractivity contribution in [1.82, 2.24) is 4.98 Å². The fourth-order valence-corrected chi connectivity index (χ4v) is 3.50. The van der Waals surface area contributed by atoms with Crippen LogP contribution in [0.5, 0.6) is 5.75 Å². The molecule has 0 aliphatic carbocycles. The Hall–Kier alpha value is -3.35. The Bertz CT molecular complexity index is 1060. The molecule has 0 unspecified atom stereocenters. The van der Waals surface area contributed by atoms with Gasteiger partial charge in [-0.25, -0.2) is 4.39 Å². The average molecular weight is 477 g/mol. The fourth-order valence-electron chi connectivity index (χ4n) is 3.50. The summed E-state index contributed by atoms with van der Waals surface area (Å²) in [6, 6.07) is 4.73. The first-order chi connectivity index (χ1) is 15.3. The maximum atomic E-state index is 13.7. The van der Waals surface area contributed by atoms with E-state index in [1.165, 1.54) is 6.07 Å². The summed E-state index contributed by atoms with van der Waals surface area (Å²) in [5.41, 5.74) is 1.80. The second-order valence-corrected chi connectivity index (χ2v) is 7.42. The van der Waals surface area contributed by atoms with Gasteiger partial charge in [-0.1, -0.05) is 6.07 Å². The van der Waals surface area contributed by atoms with E-state index in [0.29, 0.717) is 13.0 Å². The number of hydrogen-bond donors (Lipinski definition) is 2. The van der Waals surface area contributed by atoms with E-state index in [1.807, 2.05) is 0 Å². The van der Waals surface area contributed by atoms with Crippen LogP contribution in [0, 0.1) is 5.82 Å². The molecule has 178 valence electrons. The lowest BCUT2D eigenvalue weighted by molar-refractivity contribution is -0.261. The highest BCUT2D eigenvalue weighted by molar-refractivity contribution is 5.97. The molecule has 2 aromatic rings. The van der Waals surface area contributed by atoms with Gasteiger partial charge in [0.25, 0.3) is 11.8 Å². The Labute approximate surface area is 182 Å². The summed E-state index contributed by atoms with van der Waals surface area (Å²) in [5, 5.41) is 2.30. The molecule has 1 fully saturated rings. The van der Waals surface area contributed by atoms with Crippen molar-refractivity contribution in [2.75, 3.05) is 5.32 Å². The van der Waals surface area contributed by atoms with Gasteiger partial charge >= 0.3 is 12.8 Å². The molecule has 1 aliphatic heterocycles. The number of alkyl halides is 5. The lowest BCUT2D eigenvalue weighted by atomic mass is 9.86. The van der Waals surface area contributed by atoms with Crippen LogP contribution in [0.2, 0.25) is 0 Å². The molecular weight excluding hydrogens is 460 g/mol. The van der Waals surface area contributed by atoms with Crippen LogP contribution in [0.15, 0.2) is 36.5 Å². The molecule has 0 saturated carbocycles. The van der Waals surface area contributed by atoms with Gasteiger partial charge in [0.05, 0.1) is 0 Å². The van der Waals surface area contributed by atoms with Crippen LogP contribution in [0.25, 0.3) is 0 Å². The fraction of sp³-hybridized carbons (Fsp3) is 0.350. The van der Waals surface area contributed by atoms with Crippen LogP contribution in [0.1, 0.15) is 35.3 Å². The molecule has 0 radical (unpaired) electrons. The quantitative estimate of drug-likeness (QED) is 0.617. The number of anilines is 1. The van der Waals surface area contributed by atoms with Crippen LogP contribution in [-0.4, -0.2) is 41.3 Å². The second-order valence-electron chi connectivity index (χ2n) is 7.42. The second kappa shape index (κ2) is 8.89. The number of primary amides is 1. The van der Waals surface area contributed by atoms with E-state index >= 15 is 0 Å². The molecule has 13 heteroatoms. The number of halogens is 6. The first-order valence-corrected chi connectivity index (χ1v) is 9.36. The highest BCUT2D eigenvalue weighted by Gasteiger charge is 2.61. The summed E-state index contributed by atoms with van der Waals surface area (Å²) in [7, 11) is 0. The van der Waals surface area contributed by atoms with Crippen molar-refractivity contribution >= 4 is 17.5 Å². The number of nitrogens with one attached hydrogen (secondary N) is 1. The minimum Gasteiger partial charge on any atom is -0.434 e. The summed E-state index contributed by atoms with van der Waals surface area (Å²) < 4.78 is 89.7. The minimum atomic E-state index is -4.92. The molecular formula is C20H17F6N3O4. The summed E-state index contributed by atoms with van der Waals surface area (Å²) in [5.74, 6) is -5.09. The monoisotopic (exact) mass is 477 g/mol. The summed E-state index contributed by atoms with van der Waals surface area (Å²) in [6.07, 6.45) is -6.44. The number of hydrogen-bond acceptors (Lipinski definition) is 5. The highest BCUT2D eigenvalue weighted by Crippen LogP contribution is 2.51. The van der Waals surface area contributed by atoms with Crippen molar-refractivity contribution in [3.8, 4) is 5.75 Å². The van der Waals surface area contributed by atoms with Crippen LogP contribution < -0.4 is 15.8 Å². The molecule has 1 aromatic heterocycles. The molecule has 0 bridgehead atoms. The SMILES string of the molecule is C[C@@]1(C(F)(F)F)C[C@H](c2ccc(F)cc2OC(F)F)[C@H](C(=O)Nc2ccnc(C(N)=O)c2)O1. The average Bonchev–Trinajstić information content (AvgIpc) is 3.07. The van der Waals surface area contributed by atoms with Crippen molar-refractivity contribution in [3.05, 3.63) is 53.6 Å². The first kappa shape index (κ1) is 24.3. The topological polar surface area (TPSA) is 104 Å². The van der Waals surface area contributed by atoms with Gasteiger partial charge in [0, 0.05) is 29.4 Å². The molecule has 3 atom stereocenters. The molecule has 3 rings (SSSR count). The Kier molecular flexibility index (Phi) is 6.54. The molecule has 2 amide bonds. The van der Waals surface area contributed by atoms with Gasteiger partial charge in [-0.15, -0.1) is 0 Å². The molecule has 7 nitrogen and oxygen atoms in total. The van der Waals surface area contributed by atoms with E-state index in [-0.39, 0.29) is 16.9 Å². The van der Waals surface area contributed by atoms with Crippen LogP contribution in [0.4, 0.5) is 32.0 Å². The van der Waals surface area contributed by atoms with E-state index < -0.39 is 60.2 Å². The van der Waals surface area contributed by atoms with Gasteiger partial charge in [-0.3, -0.25) is 14.6 Å². The van der Waals surface area contributed by atoms with E-state index in [0.717, 1.165) is 24.4 Å². The standard InChI is InChI=1S/C20H17F6N3O4/c1-19(20(24,25)26)8-12(11-3-2-9(21)6-14(11)32-18(22)23)15(33-19)17(31)29-10-4-5-28-13(7-10)16(27)30/h2-7,12,15,18H,8H2,1H3,(H2,27,30)(H,28,29,31)/t12-,15-,19+/m1/s1. The zero-order valence-electron chi connectivity index (χ0n) is 16.8. The zero-order valence-corrected chi connectivity index (χ0v) is 16.8. The third-order valence-corrected chi connectivity index (χ3v) is 5.09. The number of carbonyl (C=O) groups is 2. The van der Waals surface area contributed by atoms with Gasteiger partial charge in [0.2, 0.25) is 0 Å². The highest BCUT2D eigenvalue weighted by atomic mass is 19.4. The molecule has 1 saturated heterocycles. The third-order valence-electron chi connectivity index (χ3n) is 5.09. The number of ether oxygens (including phenoxy) is 2. The number of nitrogens with two attached hydrogens (primary N) is 1. The van der Waals surface area contributed by atoms with E-state index in [2.05, 4.69) is 15.0 Å². The molecule has 33 heavy (non-hydrogen) atoms. The Balaban J connectivity index is 2.00. The maximum absolute atomic E-state index is 13.7. The van der Waals surface area contributed by atoms with Gasteiger partial charge in [0.1, 0.15) is 23.4 Å². The van der Waals surface area contributed by atoms with Crippen molar-refractivity contribution in [1.29, 1.82) is 0 Å². The van der Waals surface area contributed by atoms with Crippen LogP contribution in [0.3, 0.4) is 0 Å². The number of aromatic nitrogens is 1. The van der Waals surface area contributed by atoms with Crippen molar-refractivity contribution in [2.24, 2.45) is 5.73 Å². The maximum Gasteiger partial charge on any atom is 0.417 e. The largest absolute Gasteiger partial charge is 0.434 e. The summed E-state index contributed by atoms with van der Waals surface area (Å²) >= 11 is 0. The lowest BCUT2D eigenvalue weighted by Gasteiger charge is -2.27. The van der Waals surface area contributed by atoms with Crippen molar-refractivity contribution in [3.63, 3.8) is 0 Å². The van der Waals surface area contributed by atoms with E-state index in [1.54, 1.807) is 0 Å². The number of carbonyl (C=O) groups excluding carboxylic acids is 2. The normalized spacial score (nSPS) is 22.9. The predicted molar refractivity (Wildman–Crippen MR) is 101 cm³/mol. The van der Waals surface area contributed by atoms with E-state index in [9.17, 15) is 35.9 Å². The van der Waals surface area contributed by atoms with Crippen LogP contribution in [-0.2, 0) is 9.53 Å². The third kappa shape index (κ3) is 5.18. The van der Waals surface area contributed by atoms with Crippen molar-refractivity contribution < 1.29 is 45.4 Å². The Morgan fingerprint density at radius 1 is 1.27 bits per heavy atom. The minimum absolute atomic E-state index is 0.0186. The molecule has 2 heterocycles. The molecule has 3 N–H and O–H groups in total. The summed E-state index contributed by atoms with van der Waals surface area (Å²) in [4.78, 5) is 27.8. The predicted octanol–water partition coefficient (Wildman–Crippen LogP) is 3.75. The lowest BCUT2D eigenvalue weighted by Crippen LogP contribution is -2.43. The summed E-state index contributed by atoms with van der Waals surface area (Å²) in [6.45, 7) is -2.68. The van der Waals surface area contributed by atoms with Gasteiger partial charge < -0.3 is 20.5 Å². The number of benzene rings is 1. The number of amides is 2. The Morgan fingerprint density at radius 2 is 1.97 bits per heavy atom. The van der Waals surface area contributed by atoms with Gasteiger partial charge in [0.15, 0.2) is 5.60 Å². The van der Waals surface area contributed by atoms with Crippen LogP contribution >= 0.6 is 0 Å². The molecule has 0 spiro atoms. The first-order valence-electron chi connectivity index (χ1n) is 9.36. The molecule has 1 aliphatic rings. The van der Waals surface area contributed by atoms with Crippen molar-refractivity contribution in [2.45, 2.75) is 43.8 Å². The van der Waals surface area contributed by atoms with Gasteiger partial charge in [-0.2, -0.15) is 22.0 Å². The van der Waals surface area contributed by atoms with E-state index in [4.69, 9.17) is 10.5 Å². The zero-order chi connectivity index (χ0) is 24.6. The number of pyridine rings is 1. The van der Waals surface area contributed by atoms with Gasteiger partial charge in [-0.05, 0) is 31.5 Å². The smallest absolute Gasteiger partial charge is 0.417 e. The number of nitrogens with zero attached hydrogens (tertiary/aromatic N) is 1. The number of rotatable bonds is 6.